The highest BCUT2D eigenvalue weighted by molar-refractivity contribution is 5.88. The molecule has 0 aliphatic rings. The van der Waals surface area contributed by atoms with Crippen LogP contribution in [-0.4, -0.2) is 12.9 Å². The number of aryl methyl sites for hydroxylation is 2. The fourth-order valence-corrected chi connectivity index (χ4v) is 2.75. The highest BCUT2D eigenvalue weighted by Crippen LogP contribution is 2.27. The van der Waals surface area contributed by atoms with E-state index in [-0.39, 0.29) is 5.78 Å². The highest BCUT2D eigenvalue weighted by Gasteiger charge is 2.06. The summed E-state index contributed by atoms with van der Waals surface area (Å²) in [5, 5.41) is 0. The zero-order valence-corrected chi connectivity index (χ0v) is 14.8. The standard InChI is InChI=1S/C22H24O2/c1-6-19(20-9-7-18(8-10-20)12-17(4)23)13-21-14-22(24-5)16(3)11-15(21)2/h6-11,13-14H,1,12H2,2-5H3/b19-13+. The van der Waals surface area contributed by atoms with Crippen molar-refractivity contribution in [3.05, 3.63) is 76.9 Å². The predicted octanol–water partition coefficient (Wildman–Crippen LogP) is 5.17. The molecule has 0 aliphatic heterocycles. The number of benzene rings is 2. The predicted molar refractivity (Wildman–Crippen MR) is 101 cm³/mol. The molecule has 2 rings (SSSR count). The molecule has 0 atom stereocenters. The third-order valence-electron chi connectivity index (χ3n) is 4.05. The maximum Gasteiger partial charge on any atom is 0.134 e. The first-order chi connectivity index (χ1) is 11.4. The second-order valence-corrected chi connectivity index (χ2v) is 6.06. The molecule has 0 spiro atoms. The summed E-state index contributed by atoms with van der Waals surface area (Å²) < 4.78 is 5.43. The molecule has 0 heterocycles. The Morgan fingerprint density at radius 3 is 2.33 bits per heavy atom. The van der Waals surface area contributed by atoms with Crippen molar-refractivity contribution in [2.24, 2.45) is 0 Å². The molecule has 0 saturated carbocycles. The van der Waals surface area contributed by atoms with Crippen LogP contribution in [0.15, 0.2) is 49.1 Å². The smallest absolute Gasteiger partial charge is 0.134 e. The molecule has 0 aliphatic carbocycles. The van der Waals surface area contributed by atoms with Gasteiger partial charge in [0.25, 0.3) is 0 Å². The molecule has 2 heteroatoms. The van der Waals surface area contributed by atoms with Gasteiger partial charge in [-0.3, -0.25) is 4.79 Å². The molecule has 0 saturated heterocycles. The largest absolute Gasteiger partial charge is 0.496 e. The van der Waals surface area contributed by atoms with Crippen LogP contribution in [0.2, 0.25) is 0 Å². The van der Waals surface area contributed by atoms with E-state index < -0.39 is 0 Å². The van der Waals surface area contributed by atoms with Crippen molar-refractivity contribution < 1.29 is 9.53 Å². The number of carbonyl (C=O) groups excluding carboxylic acids is 1. The number of rotatable bonds is 6. The summed E-state index contributed by atoms with van der Waals surface area (Å²) in [6.45, 7) is 9.68. The quantitative estimate of drug-likeness (QED) is 0.542. The van der Waals surface area contributed by atoms with E-state index in [9.17, 15) is 4.79 Å². The summed E-state index contributed by atoms with van der Waals surface area (Å²) in [5.74, 6) is 1.05. The van der Waals surface area contributed by atoms with Crippen LogP contribution in [0.4, 0.5) is 0 Å². The topological polar surface area (TPSA) is 26.3 Å². The lowest BCUT2D eigenvalue weighted by molar-refractivity contribution is -0.116. The number of hydrogen-bond acceptors (Lipinski definition) is 2. The van der Waals surface area contributed by atoms with Gasteiger partial charge in [-0.2, -0.15) is 0 Å². The van der Waals surface area contributed by atoms with E-state index in [4.69, 9.17) is 4.74 Å². The maximum absolute atomic E-state index is 11.2. The van der Waals surface area contributed by atoms with Gasteiger partial charge >= 0.3 is 0 Å². The molecule has 0 aromatic heterocycles. The van der Waals surface area contributed by atoms with Crippen LogP contribution in [0.25, 0.3) is 11.6 Å². The van der Waals surface area contributed by atoms with Crippen LogP contribution >= 0.6 is 0 Å². The summed E-state index contributed by atoms with van der Waals surface area (Å²) >= 11 is 0. The van der Waals surface area contributed by atoms with E-state index in [2.05, 4.69) is 31.7 Å². The fraction of sp³-hybridized carbons (Fsp3) is 0.227. The minimum absolute atomic E-state index is 0.171. The fourth-order valence-electron chi connectivity index (χ4n) is 2.75. The number of ether oxygens (including phenoxy) is 1. The Morgan fingerprint density at radius 1 is 1.12 bits per heavy atom. The molecular formula is C22H24O2. The molecule has 24 heavy (non-hydrogen) atoms. The lowest BCUT2D eigenvalue weighted by atomic mass is 9.97. The number of hydrogen-bond donors (Lipinski definition) is 0. The van der Waals surface area contributed by atoms with Gasteiger partial charge in [0.2, 0.25) is 0 Å². The van der Waals surface area contributed by atoms with Gasteiger partial charge < -0.3 is 4.74 Å². The van der Waals surface area contributed by atoms with Crippen molar-refractivity contribution in [2.45, 2.75) is 27.2 Å². The Morgan fingerprint density at radius 2 is 1.79 bits per heavy atom. The maximum atomic E-state index is 11.2. The molecule has 2 aromatic carbocycles. The van der Waals surface area contributed by atoms with Crippen LogP contribution in [0.1, 0.15) is 34.7 Å². The number of ketones is 1. The van der Waals surface area contributed by atoms with Crippen molar-refractivity contribution in [1.29, 1.82) is 0 Å². The Bertz CT molecular complexity index is 780. The molecule has 0 bridgehead atoms. The van der Waals surface area contributed by atoms with E-state index in [0.717, 1.165) is 33.6 Å². The van der Waals surface area contributed by atoms with Crippen LogP contribution in [-0.2, 0) is 11.2 Å². The van der Waals surface area contributed by atoms with Gasteiger partial charge in [0.1, 0.15) is 11.5 Å². The molecule has 2 aromatic rings. The van der Waals surface area contributed by atoms with E-state index in [1.807, 2.05) is 37.3 Å². The Kier molecular flexibility index (Phi) is 5.75. The second kappa shape index (κ2) is 7.78. The number of Topliss-reactive ketones (excluding diaryl/α,β-unsaturated/α-hetero) is 1. The summed E-state index contributed by atoms with van der Waals surface area (Å²) in [6.07, 6.45) is 4.44. The molecule has 0 fully saturated rings. The van der Waals surface area contributed by atoms with Crippen molar-refractivity contribution in [1.82, 2.24) is 0 Å². The monoisotopic (exact) mass is 320 g/mol. The molecule has 0 radical (unpaired) electrons. The lowest BCUT2D eigenvalue weighted by Gasteiger charge is -2.10. The lowest BCUT2D eigenvalue weighted by Crippen LogP contribution is -1.96. The highest BCUT2D eigenvalue weighted by atomic mass is 16.5. The van der Waals surface area contributed by atoms with Gasteiger partial charge in [0.05, 0.1) is 7.11 Å². The van der Waals surface area contributed by atoms with Crippen molar-refractivity contribution in [3.63, 3.8) is 0 Å². The summed E-state index contributed by atoms with van der Waals surface area (Å²) in [7, 11) is 1.69. The Hall–Kier alpha value is -2.61. The van der Waals surface area contributed by atoms with E-state index in [1.54, 1.807) is 14.0 Å². The number of methoxy groups -OCH3 is 1. The summed E-state index contributed by atoms with van der Waals surface area (Å²) in [6, 6.07) is 12.2. The van der Waals surface area contributed by atoms with Crippen LogP contribution < -0.4 is 4.74 Å². The molecule has 0 amide bonds. The van der Waals surface area contributed by atoms with Crippen LogP contribution in [0.3, 0.4) is 0 Å². The molecule has 0 N–H and O–H groups in total. The van der Waals surface area contributed by atoms with Crippen LogP contribution in [0.5, 0.6) is 5.75 Å². The first-order valence-corrected chi connectivity index (χ1v) is 8.02. The normalized spacial score (nSPS) is 11.2. The SMILES string of the molecule is C=C/C(=C\c1cc(OC)c(C)cc1C)c1ccc(CC(C)=O)cc1. The first kappa shape index (κ1) is 17.7. The van der Waals surface area contributed by atoms with Gasteiger partial charge in [0, 0.05) is 6.42 Å². The molecule has 0 unspecified atom stereocenters. The molecule has 2 nitrogen and oxygen atoms in total. The third kappa shape index (κ3) is 4.23. The zero-order valence-electron chi connectivity index (χ0n) is 14.8. The van der Waals surface area contributed by atoms with Crippen molar-refractivity contribution >= 4 is 17.4 Å². The third-order valence-corrected chi connectivity index (χ3v) is 4.05. The van der Waals surface area contributed by atoms with Crippen molar-refractivity contribution in [2.75, 3.05) is 7.11 Å². The van der Waals surface area contributed by atoms with E-state index >= 15 is 0 Å². The minimum atomic E-state index is 0.171. The van der Waals surface area contributed by atoms with E-state index in [0.29, 0.717) is 6.42 Å². The second-order valence-electron chi connectivity index (χ2n) is 6.06. The van der Waals surface area contributed by atoms with E-state index in [1.165, 1.54) is 5.56 Å². The minimum Gasteiger partial charge on any atom is -0.496 e. The van der Waals surface area contributed by atoms with Crippen LogP contribution in [0, 0.1) is 13.8 Å². The summed E-state index contributed by atoms with van der Waals surface area (Å²) in [5.41, 5.74) is 6.58. The van der Waals surface area contributed by atoms with Gasteiger partial charge in [-0.1, -0.05) is 43.0 Å². The molecule has 124 valence electrons. The van der Waals surface area contributed by atoms with Crippen molar-refractivity contribution in [3.8, 4) is 5.75 Å². The average Bonchev–Trinajstić information content (AvgIpc) is 2.54. The zero-order chi connectivity index (χ0) is 17.7. The Balaban J connectivity index is 2.39. The van der Waals surface area contributed by atoms with Gasteiger partial charge in [0.15, 0.2) is 0 Å². The van der Waals surface area contributed by atoms with Gasteiger partial charge in [-0.05, 0) is 66.3 Å². The summed E-state index contributed by atoms with van der Waals surface area (Å²) in [4.78, 5) is 11.2. The number of allylic oxidation sites excluding steroid dienone is 2. The van der Waals surface area contributed by atoms with Gasteiger partial charge in [-0.25, -0.2) is 0 Å². The average molecular weight is 320 g/mol. The van der Waals surface area contributed by atoms with Gasteiger partial charge in [-0.15, -0.1) is 0 Å². The first-order valence-electron chi connectivity index (χ1n) is 8.02. The molecular weight excluding hydrogens is 296 g/mol. The Labute approximate surface area is 144 Å². The number of carbonyl (C=O) groups is 1.